The van der Waals surface area contributed by atoms with E-state index in [1.807, 2.05) is 18.2 Å². The van der Waals surface area contributed by atoms with Gasteiger partial charge >= 0.3 is 0 Å². The van der Waals surface area contributed by atoms with Gasteiger partial charge in [-0.3, -0.25) is 4.79 Å². The Morgan fingerprint density at radius 2 is 1.90 bits per heavy atom. The quantitative estimate of drug-likeness (QED) is 0.689. The molecular formula is C27H30O3. The number of aliphatic hydroxyl groups is 2. The maximum Gasteiger partial charge on any atom is 0.156 e. The second-order valence-electron chi connectivity index (χ2n) is 9.76. The highest BCUT2D eigenvalue weighted by Crippen LogP contribution is 2.63. The summed E-state index contributed by atoms with van der Waals surface area (Å²) in [6.45, 7) is 2.17. The van der Waals surface area contributed by atoms with Crippen molar-refractivity contribution >= 4 is 5.78 Å². The van der Waals surface area contributed by atoms with Crippen LogP contribution < -0.4 is 0 Å². The van der Waals surface area contributed by atoms with Crippen molar-refractivity contribution in [3.05, 3.63) is 58.2 Å². The number of carbonyl (C=O) groups excluding carboxylic acids is 1. The molecule has 0 bridgehead atoms. The summed E-state index contributed by atoms with van der Waals surface area (Å²) in [5, 5.41) is 19.9. The van der Waals surface area contributed by atoms with Gasteiger partial charge in [-0.1, -0.05) is 36.5 Å². The number of hydrogen-bond donors (Lipinski definition) is 2. The second kappa shape index (κ2) is 7.52. The minimum Gasteiger partial charge on any atom is -0.393 e. The molecule has 2 saturated carbocycles. The molecular weight excluding hydrogens is 372 g/mol. The highest BCUT2D eigenvalue weighted by molar-refractivity contribution is 5.93. The molecule has 3 heteroatoms. The third-order valence-electron chi connectivity index (χ3n) is 8.31. The van der Waals surface area contributed by atoms with Gasteiger partial charge in [-0.25, -0.2) is 0 Å². The van der Waals surface area contributed by atoms with Crippen LogP contribution in [0.1, 0.15) is 68.9 Å². The zero-order valence-corrected chi connectivity index (χ0v) is 17.7. The van der Waals surface area contributed by atoms with Crippen LogP contribution >= 0.6 is 0 Å². The average molecular weight is 403 g/mol. The summed E-state index contributed by atoms with van der Waals surface area (Å²) in [6, 6.07) is 8.44. The molecule has 0 radical (unpaired) electrons. The Hall–Kier alpha value is -2.15. The van der Waals surface area contributed by atoms with Crippen LogP contribution in [0.4, 0.5) is 0 Å². The molecule has 2 fully saturated rings. The minimum atomic E-state index is -0.226. The largest absolute Gasteiger partial charge is 0.393 e. The minimum absolute atomic E-state index is 0.0412. The third kappa shape index (κ3) is 3.09. The van der Waals surface area contributed by atoms with Gasteiger partial charge < -0.3 is 10.2 Å². The van der Waals surface area contributed by atoms with Gasteiger partial charge in [-0.2, -0.15) is 0 Å². The lowest BCUT2D eigenvalue weighted by Crippen LogP contribution is -2.45. The lowest BCUT2D eigenvalue weighted by atomic mass is 9.53. The van der Waals surface area contributed by atoms with Gasteiger partial charge in [0.25, 0.3) is 0 Å². The van der Waals surface area contributed by atoms with E-state index < -0.39 is 0 Å². The first-order valence-electron chi connectivity index (χ1n) is 11.4. The first-order chi connectivity index (χ1) is 14.5. The van der Waals surface area contributed by atoms with Crippen LogP contribution in [0.25, 0.3) is 0 Å². The predicted molar refractivity (Wildman–Crippen MR) is 117 cm³/mol. The van der Waals surface area contributed by atoms with E-state index in [0.29, 0.717) is 18.3 Å². The van der Waals surface area contributed by atoms with Gasteiger partial charge in [-0.15, -0.1) is 0 Å². The fourth-order valence-corrected chi connectivity index (χ4v) is 6.87. The van der Waals surface area contributed by atoms with Crippen LogP contribution in [0.15, 0.2) is 47.1 Å². The zero-order chi connectivity index (χ0) is 20.9. The molecule has 0 amide bonds. The summed E-state index contributed by atoms with van der Waals surface area (Å²) in [4.78, 5) is 12.1. The lowest BCUT2D eigenvalue weighted by Gasteiger charge is -2.52. The Morgan fingerprint density at radius 3 is 2.67 bits per heavy atom. The van der Waals surface area contributed by atoms with Crippen LogP contribution in [-0.2, 0) is 4.79 Å². The number of allylic oxidation sites excluding steroid dienone is 4. The van der Waals surface area contributed by atoms with E-state index in [0.717, 1.165) is 44.1 Å². The summed E-state index contributed by atoms with van der Waals surface area (Å²) >= 11 is 0. The van der Waals surface area contributed by atoms with Crippen LogP contribution in [-0.4, -0.2) is 28.7 Å². The number of hydrogen-bond acceptors (Lipinski definition) is 3. The summed E-state index contributed by atoms with van der Waals surface area (Å²) < 4.78 is 0. The van der Waals surface area contributed by atoms with Crippen molar-refractivity contribution in [2.75, 3.05) is 6.61 Å². The smallest absolute Gasteiger partial charge is 0.156 e. The van der Waals surface area contributed by atoms with Crippen molar-refractivity contribution in [3.8, 4) is 11.8 Å². The molecule has 0 spiro atoms. The molecule has 156 valence electrons. The van der Waals surface area contributed by atoms with Crippen LogP contribution in [0, 0.1) is 29.1 Å². The van der Waals surface area contributed by atoms with Crippen LogP contribution in [0.3, 0.4) is 0 Å². The molecule has 0 aromatic heterocycles. The van der Waals surface area contributed by atoms with Gasteiger partial charge in [0.15, 0.2) is 5.78 Å². The Kier molecular flexibility index (Phi) is 4.96. The summed E-state index contributed by atoms with van der Waals surface area (Å²) in [7, 11) is 0. The Balaban J connectivity index is 1.62. The van der Waals surface area contributed by atoms with Gasteiger partial charge in [0.05, 0.1) is 6.10 Å². The summed E-state index contributed by atoms with van der Waals surface area (Å²) in [5.41, 5.74) is 6.44. The van der Waals surface area contributed by atoms with E-state index in [-0.39, 0.29) is 29.8 Å². The number of carbonyl (C=O) groups is 1. The predicted octanol–water partition coefficient (Wildman–Crippen LogP) is 4.29. The molecule has 30 heavy (non-hydrogen) atoms. The van der Waals surface area contributed by atoms with E-state index in [9.17, 15) is 9.90 Å². The van der Waals surface area contributed by atoms with E-state index in [2.05, 4.69) is 30.9 Å². The van der Waals surface area contributed by atoms with Crippen molar-refractivity contribution in [1.82, 2.24) is 0 Å². The standard InChI is InChI=1S/C27H30O3/c1-27-16-23(18-6-4-17(5-7-18)3-2-14-28)26-21-11-9-20(29)15-19(21)8-10-22(26)24(27)12-13-25(27)30/h4-7,15,22-25,28,30H,8-14,16H2,1H3. The van der Waals surface area contributed by atoms with Crippen molar-refractivity contribution in [2.45, 2.75) is 63.9 Å². The topological polar surface area (TPSA) is 57.5 Å². The monoisotopic (exact) mass is 402 g/mol. The van der Waals surface area contributed by atoms with E-state index in [1.165, 1.54) is 16.7 Å². The number of ketones is 1. The van der Waals surface area contributed by atoms with Gasteiger partial charge in [0.1, 0.15) is 6.61 Å². The highest BCUT2D eigenvalue weighted by Gasteiger charge is 2.56. The van der Waals surface area contributed by atoms with Gasteiger partial charge in [-0.05, 0) is 90.7 Å². The van der Waals surface area contributed by atoms with Gasteiger partial charge in [0.2, 0.25) is 0 Å². The molecule has 2 N–H and O–H groups in total. The van der Waals surface area contributed by atoms with Crippen molar-refractivity contribution in [3.63, 3.8) is 0 Å². The molecule has 0 heterocycles. The Bertz CT molecular complexity index is 987. The number of aliphatic hydroxyl groups excluding tert-OH is 2. The molecule has 0 aliphatic heterocycles. The average Bonchev–Trinajstić information content (AvgIpc) is 3.06. The Labute approximate surface area is 178 Å². The molecule has 4 aliphatic rings. The lowest BCUT2D eigenvalue weighted by molar-refractivity contribution is -0.114. The van der Waals surface area contributed by atoms with Gasteiger partial charge in [0, 0.05) is 17.9 Å². The van der Waals surface area contributed by atoms with Crippen LogP contribution in [0.2, 0.25) is 0 Å². The fraction of sp³-hybridized carbons (Fsp3) is 0.519. The molecule has 1 aromatic carbocycles. The first kappa shape index (κ1) is 19.8. The highest BCUT2D eigenvalue weighted by atomic mass is 16.3. The van der Waals surface area contributed by atoms with Crippen molar-refractivity contribution in [2.24, 2.45) is 17.3 Å². The van der Waals surface area contributed by atoms with Crippen molar-refractivity contribution < 1.29 is 15.0 Å². The SMILES string of the molecule is CC12CC(c3ccc(C#CCO)cc3)C3=C4CCC(=O)C=C4CCC3C1CCC2O. The second-order valence-corrected chi connectivity index (χ2v) is 9.76. The van der Waals surface area contributed by atoms with Crippen molar-refractivity contribution in [1.29, 1.82) is 0 Å². The molecule has 5 rings (SSSR count). The summed E-state index contributed by atoms with van der Waals surface area (Å²) in [6.07, 6.45) is 8.27. The molecule has 5 unspecified atom stereocenters. The molecule has 1 aromatic rings. The fourth-order valence-electron chi connectivity index (χ4n) is 6.87. The van der Waals surface area contributed by atoms with E-state index in [1.54, 1.807) is 5.57 Å². The third-order valence-corrected chi connectivity index (χ3v) is 8.31. The van der Waals surface area contributed by atoms with E-state index in [4.69, 9.17) is 5.11 Å². The maximum absolute atomic E-state index is 12.1. The maximum atomic E-state index is 12.1. The van der Waals surface area contributed by atoms with E-state index >= 15 is 0 Å². The molecule has 4 aliphatic carbocycles. The normalized spacial score (nSPS) is 35.0. The number of fused-ring (bicyclic) bond motifs is 4. The zero-order valence-electron chi connectivity index (χ0n) is 17.7. The summed E-state index contributed by atoms with van der Waals surface area (Å²) in [5.74, 6) is 7.31. The molecule has 5 atom stereocenters. The Morgan fingerprint density at radius 1 is 1.10 bits per heavy atom. The number of benzene rings is 1. The molecule has 0 saturated heterocycles. The van der Waals surface area contributed by atoms with Crippen LogP contribution in [0.5, 0.6) is 0 Å². The molecule has 3 nitrogen and oxygen atoms in total. The number of rotatable bonds is 1. The first-order valence-corrected chi connectivity index (χ1v) is 11.4.